The topological polar surface area (TPSA) is 90.9 Å². The van der Waals surface area contributed by atoms with Crippen LogP contribution in [0, 0.1) is 0 Å². The molecule has 0 aromatic carbocycles. The number of hydrogen-bond acceptors (Lipinski definition) is 9. The van der Waals surface area contributed by atoms with Crippen LogP contribution in [0.1, 0.15) is 13.8 Å². The third kappa shape index (κ3) is 22.2. The molecule has 0 saturated heterocycles. The predicted molar refractivity (Wildman–Crippen MR) is 111 cm³/mol. The molecule has 29 heavy (non-hydrogen) atoms. The van der Waals surface area contributed by atoms with Crippen LogP contribution in [0.4, 0.5) is 0 Å². The molecule has 0 N–H and O–H groups in total. The van der Waals surface area contributed by atoms with Crippen molar-refractivity contribution >= 4 is 21.9 Å². The maximum atomic E-state index is 11.5. The van der Waals surface area contributed by atoms with Gasteiger partial charge in [-0.1, -0.05) is 15.9 Å². The van der Waals surface area contributed by atoms with E-state index in [1.165, 1.54) is 0 Å². The van der Waals surface area contributed by atoms with Crippen molar-refractivity contribution in [1.29, 1.82) is 0 Å². The molecular weight excluding hydrogens is 452 g/mol. The van der Waals surface area contributed by atoms with E-state index in [4.69, 9.17) is 37.9 Å². The van der Waals surface area contributed by atoms with Crippen molar-refractivity contribution < 1.29 is 42.7 Å². The van der Waals surface area contributed by atoms with E-state index in [0.29, 0.717) is 85.9 Å². The normalized spacial score (nSPS) is 11.7. The van der Waals surface area contributed by atoms with Crippen LogP contribution >= 0.6 is 15.9 Å². The molecule has 10 heteroatoms. The zero-order valence-corrected chi connectivity index (χ0v) is 19.5. The van der Waals surface area contributed by atoms with Gasteiger partial charge in [0, 0.05) is 7.11 Å². The summed E-state index contributed by atoms with van der Waals surface area (Å²) in [5.41, 5.74) is 0. The van der Waals surface area contributed by atoms with Crippen molar-refractivity contribution in [3.05, 3.63) is 0 Å². The number of esters is 1. The highest BCUT2D eigenvalue weighted by Gasteiger charge is 2.25. The van der Waals surface area contributed by atoms with Gasteiger partial charge in [-0.25, -0.2) is 0 Å². The minimum atomic E-state index is -0.672. The molecule has 0 aromatic heterocycles. The monoisotopic (exact) mass is 488 g/mol. The van der Waals surface area contributed by atoms with Gasteiger partial charge in [-0.3, -0.25) is 4.79 Å². The van der Waals surface area contributed by atoms with E-state index in [0.717, 1.165) is 0 Å². The number of alkyl halides is 1. The van der Waals surface area contributed by atoms with Gasteiger partial charge in [0.2, 0.25) is 0 Å². The van der Waals surface area contributed by atoms with Gasteiger partial charge in [-0.15, -0.1) is 0 Å². The van der Waals surface area contributed by atoms with E-state index >= 15 is 0 Å². The number of carbonyl (C=O) groups excluding carboxylic acids is 1. The molecular formula is C19H37BrO9. The highest BCUT2D eigenvalue weighted by atomic mass is 79.9. The maximum absolute atomic E-state index is 11.5. The third-order valence-corrected chi connectivity index (χ3v) is 3.56. The van der Waals surface area contributed by atoms with Gasteiger partial charge in [-0.05, 0) is 13.8 Å². The van der Waals surface area contributed by atoms with E-state index in [1.807, 2.05) is 0 Å². The average molecular weight is 489 g/mol. The first-order valence-corrected chi connectivity index (χ1v) is 10.6. The van der Waals surface area contributed by atoms with Crippen LogP contribution in [0.25, 0.3) is 0 Å². The van der Waals surface area contributed by atoms with Crippen LogP contribution in [0.3, 0.4) is 0 Å². The van der Waals surface area contributed by atoms with Crippen LogP contribution in [0.15, 0.2) is 0 Å². The highest BCUT2D eigenvalue weighted by molar-refractivity contribution is 9.10. The summed E-state index contributed by atoms with van der Waals surface area (Å²) < 4.78 is 41.3. The van der Waals surface area contributed by atoms with Crippen LogP contribution in [0.5, 0.6) is 0 Å². The number of halogens is 1. The first-order valence-electron chi connectivity index (χ1n) is 9.80. The zero-order chi connectivity index (χ0) is 21.6. The lowest BCUT2D eigenvalue weighted by molar-refractivity contribution is -0.147. The second-order valence-corrected chi connectivity index (χ2v) is 8.26. The summed E-state index contributed by atoms with van der Waals surface area (Å²) in [5.74, 6) is -0.311. The molecule has 0 saturated carbocycles. The molecule has 0 unspecified atom stereocenters. The second kappa shape index (κ2) is 20.9. The van der Waals surface area contributed by atoms with Crippen LogP contribution < -0.4 is 0 Å². The Morgan fingerprint density at radius 1 is 0.586 bits per heavy atom. The molecule has 0 aliphatic carbocycles. The molecule has 174 valence electrons. The smallest absolute Gasteiger partial charge is 0.322 e. The van der Waals surface area contributed by atoms with Crippen molar-refractivity contribution in [2.75, 3.05) is 99.6 Å². The summed E-state index contributed by atoms with van der Waals surface area (Å²) in [6.45, 7) is 10.3. The van der Waals surface area contributed by atoms with E-state index in [2.05, 4.69) is 15.9 Å². The fourth-order valence-electron chi connectivity index (χ4n) is 1.71. The lowest BCUT2D eigenvalue weighted by atomic mass is 10.2. The number of ether oxygens (including phenoxy) is 8. The Hall–Kier alpha value is -0.330. The summed E-state index contributed by atoms with van der Waals surface area (Å²) in [7, 11) is 1.64. The minimum absolute atomic E-state index is 0.226. The largest absolute Gasteiger partial charge is 0.462 e. The first-order chi connectivity index (χ1) is 14.0. The minimum Gasteiger partial charge on any atom is -0.462 e. The van der Waals surface area contributed by atoms with E-state index in [9.17, 15) is 4.79 Å². The Kier molecular flexibility index (Phi) is 20.7. The number of rotatable bonds is 22. The Bertz CT molecular complexity index is 364. The summed E-state index contributed by atoms with van der Waals surface area (Å²) in [4.78, 5) is 11.5. The van der Waals surface area contributed by atoms with Crippen molar-refractivity contribution in [3.8, 4) is 0 Å². The van der Waals surface area contributed by atoms with Crippen molar-refractivity contribution in [3.63, 3.8) is 0 Å². The number of hydrogen-bond donors (Lipinski definition) is 0. The van der Waals surface area contributed by atoms with E-state index < -0.39 is 4.32 Å². The molecule has 0 atom stereocenters. The van der Waals surface area contributed by atoms with Crippen molar-refractivity contribution in [2.45, 2.75) is 18.2 Å². The predicted octanol–water partition coefficient (Wildman–Crippen LogP) is 1.45. The van der Waals surface area contributed by atoms with Gasteiger partial charge in [0.25, 0.3) is 0 Å². The molecule has 9 nitrogen and oxygen atoms in total. The molecule has 0 bridgehead atoms. The van der Waals surface area contributed by atoms with Crippen molar-refractivity contribution in [2.24, 2.45) is 0 Å². The summed E-state index contributed by atoms with van der Waals surface area (Å²) in [6, 6.07) is 0. The lowest BCUT2D eigenvalue weighted by Gasteiger charge is -2.14. The number of methoxy groups -OCH3 is 1. The number of carbonyl (C=O) groups is 1. The lowest BCUT2D eigenvalue weighted by Crippen LogP contribution is -2.27. The van der Waals surface area contributed by atoms with E-state index in [-0.39, 0.29) is 12.6 Å². The third-order valence-electron chi connectivity index (χ3n) is 3.24. The van der Waals surface area contributed by atoms with Crippen LogP contribution in [-0.2, 0) is 42.7 Å². The van der Waals surface area contributed by atoms with Gasteiger partial charge in [0.15, 0.2) is 0 Å². The van der Waals surface area contributed by atoms with E-state index in [1.54, 1.807) is 21.0 Å². The van der Waals surface area contributed by atoms with Gasteiger partial charge in [0.1, 0.15) is 10.9 Å². The standard InChI is InChI=1S/C19H37BrO9/c1-19(2,20)18(21)29-17-16-28-15-14-27-13-12-26-11-10-25-9-8-24-7-6-23-5-4-22-3/h4-17H2,1-3H3. The molecule has 0 rings (SSSR count). The Morgan fingerprint density at radius 3 is 1.14 bits per heavy atom. The molecule has 0 spiro atoms. The Balaban J connectivity index is 3.09. The quantitative estimate of drug-likeness (QED) is 0.127. The Labute approximate surface area is 182 Å². The van der Waals surface area contributed by atoms with Gasteiger partial charge < -0.3 is 37.9 Å². The molecule has 0 heterocycles. The summed E-state index contributed by atoms with van der Waals surface area (Å²) in [5, 5.41) is 0. The maximum Gasteiger partial charge on any atom is 0.322 e. The van der Waals surface area contributed by atoms with Crippen LogP contribution in [-0.4, -0.2) is 110 Å². The second-order valence-electron chi connectivity index (χ2n) is 6.28. The molecule has 0 radical (unpaired) electrons. The first kappa shape index (κ1) is 28.7. The van der Waals surface area contributed by atoms with Crippen molar-refractivity contribution in [1.82, 2.24) is 0 Å². The fourth-order valence-corrected chi connectivity index (χ4v) is 1.82. The fraction of sp³-hybridized carbons (Fsp3) is 0.947. The molecule has 0 fully saturated rings. The Morgan fingerprint density at radius 2 is 0.862 bits per heavy atom. The van der Waals surface area contributed by atoms with Gasteiger partial charge >= 0.3 is 5.97 Å². The molecule has 0 aliphatic rings. The SMILES string of the molecule is COCCOCCOCCOCCOCCOCCOCCOC(=O)C(C)(C)Br. The summed E-state index contributed by atoms with van der Waals surface area (Å²) in [6.07, 6.45) is 0. The van der Waals surface area contributed by atoms with Gasteiger partial charge in [-0.2, -0.15) is 0 Å². The zero-order valence-electron chi connectivity index (χ0n) is 18.0. The highest BCUT2D eigenvalue weighted by Crippen LogP contribution is 2.17. The summed E-state index contributed by atoms with van der Waals surface area (Å²) >= 11 is 3.23. The van der Waals surface area contributed by atoms with Gasteiger partial charge in [0.05, 0.1) is 85.9 Å². The molecule has 0 aliphatic heterocycles. The molecule has 0 amide bonds. The molecule has 0 aromatic rings. The average Bonchev–Trinajstić information content (AvgIpc) is 2.68. The van der Waals surface area contributed by atoms with Crippen LogP contribution in [0.2, 0.25) is 0 Å².